The summed E-state index contributed by atoms with van der Waals surface area (Å²) in [6, 6.07) is 8.81. The Kier molecular flexibility index (Phi) is 5.02. The molecule has 0 spiro atoms. The van der Waals surface area contributed by atoms with E-state index in [0.717, 1.165) is 5.56 Å². The van der Waals surface area contributed by atoms with Crippen LogP contribution >= 0.6 is 0 Å². The van der Waals surface area contributed by atoms with E-state index in [1.54, 1.807) is 6.92 Å². The van der Waals surface area contributed by atoms with Crippen molar-refractivity contribution in [1.29, 1.82) is 0 Å². The molecule has 0 atom stereocenters. The van der Waals surface area contributed by atoms with Crippen LogP contribution in [0.1, 0.15) is 12.7 Å². The minimum Gasteiger partial charge on any atom is -0.359 e. The average molecular weight is 300 g/mol. The van der Waals surface area contributed by atoms with Gasteiger partial charge in [0.25, 0.3) is 0 Å². The second-order valence-electron chi connectivity index (χ2n) is 4.51. The Hall–Kier alpha value is -2.96. The van der Waals surface area contributed by atoms with Gasteiger partial charge in [0.15, 0.2) is 5.76 Å². The number of nitrogens with one attached hydrogen (secondary N) is 2. The third-order valence-electron chi connectivity index (χ3n) is 2.79. The van der Waals surface area contributed by atoms with E-state index in [0.29, 0.717) is 17.1 Å². The summed E-state index contributed by atoms with van der Waals surface area (Å²) in [4.78, 5) is 26.2. The van der Waals surface area contributed by atoms with Crippen LogP contribution in [0.3, 0.4) is 0 Å². The molecule has 1 heterocycles. The zero-order valence-electron chi connectivity index (χ0n) is 12.3. The number of amides is 3. The fourth-order valence-electron chi connectivity index (χ4n) is 1.77. The summed E-state index contributed by atoms with van der Waals surface area (Å²) in [5.74, 6) is 0.303. The molecule has 7 nitrogen and oxygen atoms in total. The molecule has 0 aliphatic heterocycles. The average Bonchev–Trinajstić information content (AvgIpc) is 2.86. The van der Waals surface area contributed by atoms with Gasteiger partial charge in [-0.15, -0.1) is 0 Å². The Balaban J connectivity index is 2.08. The van der Waals surface area contributed by atoms with Crippen LogP contribution in [0.2, 0.25) is 0 Å². The van der Waals surface area contributed by atoms with Crippen molar-refractivity contribution in [2.24, 2.45) is 4.99 Å². The Morgan fingerprint density at radius 2 is 2.05 bits per heavy atom. The zero-order chi connectivity index (χ0) is 15.9. The molecule has 22 heavy (non-hydrogen) atoms. The Morgan fingerprint density at radius 3 is 2.73 bits per heavy atom. The number of hydrogen-bond acceptors (Lipinski definition) is 4. The first-order valence-electron chi connectivity index (χ1n) is 6.67. The van der Waals surface area contributed by atoms with Crippen molar-refractivity contribution in [1.82, 2.24) is 10.5 Å². The van der Waals surface area contributed by atoms with Gasteiger partial charge in [-0.05, 0) is 6.92 Å². The normalized spacial score (nSPS) is 10.6. The summed E-state index contributed by atoms with van der Waals surface area (Å²) < 4.78 is 5.13. The zero-order valence-corrected chi connectivity index (χ0v) is 12.3. The monoisotopic (exact) mass is 300 g/mol. The van der Waals surface area contributed by atoms with Crippen molar-refractivity contribution in [2.45, 2.75) is 13.8 Å². The molecule has 0 unspecified atom stereocenters. The highest BCUT2D eigenvalue weighted by Crippen LogP contribution is 2.29. The standard InChI is InChI=1S/C15H16N4O3/c1-10-13(18-15(21)17-9-8-16-11(2)20)14(19-22-10)12-6-4-3-5-7-12/h3-7,9H,8H2,1-2H3,(H,16,20)(H,18,21)/b17-9-. The van der Waals surface area contributed by atoms with Gasteiger partial charge in [-0.25, -0.2) is 9.79 Å². The van der Waals surface area contributed by atoms with Gasteiger partial charge in [0.1, 0.15) is 11.4 Å². The summed E-state index contributed by atoms with van der Waals surface area (Å²) in [5.41, 5.74) is 1.85. The number of aromatic nitrogens is 1. The SMILES string of the molecule is CC(=O)NC/C=N\C(=O)Nc1c(-c2ccccc2)noc1C. The summed E-state index contributed by atoms with van der Waals surface area (Å²) in [6.07, 6.45) is 1.32. The fourth-order valence-corrected chi connectivity index (χ4v) is 1.77. The minimum absolute atomic E-state index is 0.187. The van der Waals surface area contributed by atoms with Gasteiger partial charge in [-0.3, -0.25) is 4.79 Å². The smallest absolute Gasteiger partial charge is 0.345 e. The lowest BCUT2D eigenvalue weighted by molar-refractivity contribution is -0.118. The van der Waals surface area contributed by atoms with Crippen LogP contribution in [0.15, 0.2) is 39.8 Å². The highest BCUT2D eigenvalue weighted by molar-refractivity contribution is 5.98. The van der Waals surface area contributed by atoms with Gasteiger partial charge in [0, 0.05) is 18.7 Å². The Labute approximate surface area is 127 Å². The summed E-state index contributed by atoms with van der Waals surface area (Å²) in [6.45, 7) is 3.29. The van der Waals surface area contributed by atoms with E-state index in [9.17, 15) is 9.59 Å². The summed E-state index contributed by atoms with van der Waals surface area (Å²) in [5, 5.41) is 9.11. The van der Waals surface area contributed by atoms with Crippen molar-refractivity contribution in [2.75, 3.05) is 11.9 Å². The number of carbonyl (C=O) groups is 2. The maximum atomic E-state index is 11.8. The van der Waals surface area contributed by atoms with Crippen LogP contribution in [0.5, 0.6) is 0 Å². The second-order valence-corrected chi connectivity index (χ2v) is 4.51. The van der Waals surface area contributed by atoms with Crippen molar-refractivity contribution < 1.29 is 14.1 Å². The molecule has 0 fully saturated rings. The van der Waals surface area contributed by atoms with Crippen molar-refractivity contribution in [3.8, 4) is 11.3 Å². The van der Waals surface area contributed by atoms with Crippen LogP contribution in [-0.4, -0.2) is 29.9 Å². The molecule has 0 aliphatic carbocycles. The van der Waals surface area contributed by atoms with Gasteiger partial charge in [-0.1, -0.05) is 35.5 Å². The molecule has 0 saturated heterocycles. The number of hydrogen-bond donors (Lipinski definition) is 2. The van der Waals surface area contributed by atoms with Gasteiger partial charge in [0.05, 0.1) is 6.54 Å². The molecule has 114 valence electrons. The highest BCUT2D eigenvalue weighted by atomic mass is 16.5. The van der Waals surface area contributed by atoms with Gasteiger partial charge in [0.2, 0.25) is 5.91 Å². The van der Waals surface area contributed by atoms with E-state index >= 15 is 0 Å². The van der Waals surface area contributed by atoms with Crippen LogP contribution in [-0.2, 0) is 4.79 Å². The Bertz CT molecular complexity index is 692. The predicted octanol–water partition coefficient (Wildman–Crippen LogP) is 2.39. The first-order chi connectivity index (χ1) is 10.6. The highest BCUT2D eigenvalue weighted by Gasteiger charge is 2.16. The third kappa shape index (κ3) is 4.02. The van der Waals surface area contributed by atoms with E-state index < -0.39 is 6.03 Å². The van der Waals surface area contributed by atoms with Crippen LogP contribution in [0, 0.1) is 6.92 Å². The molecule has 0 radical (unpaired) electrons. The number of nitrogens with zero attached hydrogens (tertiary/aromatic N) is 2. The van der Waals surface area contributed by atoms with Gasteiger partial charge in [-0.2, -0.15) is 0 Å². The van der Waals surface area contributed by atoms with Gasteiger partial charge < -0.3 is 15.2 Å². The third-order valence-corrected chi connectivity index (χ3v) is 2.79. The lowest BCUT2D eigenvalue weighted by atomic mass is 10.1. The van der Waals surface area contributed by atoms with E-state index in [4.69, 9.17) is 4.52 Å². The maximum absolute atomic E-state index is 11.8. The predicted molar refractivity (Wildman–Crippen MR) is 82.9 cm³/mol. The molecule has 2 N–H and O–H groups in total. The number of benzene rings is 1. The van der Waals surface area contributed by atoms with Crippen LogP contribution in [0.4, 0.5) is 10.5 Å². The van der Waals surface area contributed by atoms with Crippen molar-refractivity contribution in [3.05, 3.63) is 36.1 Å². The number of carbonyl (C=O) groups excluding carboxylic acids is 2. The molecule has 1 aromatic carbocycles. The molecule has 0 bridgehead atoms. The number of rotatable bonds is 4. The lowest BCUT2D eigenvalue weighted by Crippen LogP contribution is -2.22. The van der Waals surface area contributed by atoms with Gasteiger partial charge >= 0.3 is 6.03 Å². The van der Waals surface area contributed by atoms with Crippen molar-refractivity contribution >= 4 is 23.8 Å². The van der Waals surface area contributed by atoms with E-state index in [1.165, 1.54) is 13.1 Å². The minimum atomic E-state index is -0.561. The number of anilines is 1. The molecule has 2 aromatic rings. The summed E-state index contributed by atoms with van der Waals surface area (Å²) in [7, 11) is 0. The molecular weight excluding hydrogens is 284 g/mol. The number of urea groups is 1. The fraction of sp³-hybridized carbons (Fsp3) is 0.200. The molecule has 3 amide bonds. The van der Waals surface area contributed by atoms with Crippen LogP contribution in [0.25, 0.3) is 11.3 Å². The van der Waals surface area contributed by atoms with E-state index in [1.807, 2.05) is 30.3 Å². The molecule has 2 rings (SSSR count). The molecule has 0 saturated carbocycles. The molecule has 0 aliphatic rings. The first-order valence-corrected chi connectivity index (χ1v) is 6.67. The molecule has 7 heteroatoms. The summed E-state index contributed by atoms with van der Waals surface area (Å²) >= 11 is 0. The molecular formula is C15H16N4O3. The number of aliphatic imine (C=N–C) groups is 1. The quantitative estimate of drug-likeness (QED) is 0.847. The van der Waals surface area contributed by atoms with Crippen molar-refractivity contribution in [3.63, 3.8) is 0 Å². The van der Waals surface area contributed by atoms with E-state index in [-0.39, 0.29) is 12.5 Å². The number of aryl methyl sites for hydroxylation is 1. The second kappa shape index (κ2) is 7.16. The maximum Gasteiger partial charge on any atom is 0.345 e. The topological polar surface area (TPSA) is 96.6 Å². The Morgan fingerprint density at radius 1 is 1.32 bits per heavy atom. The van der Waals surface area contributed by atoms with E-state index in [2.05, 4.69) is 20.8 Å². The first kappa shape index (κ1) is 15.4. The largest absolute Gasteiger partial charge is 0.359 e. The lowest BCUT2D eigenvalue weighted by Gasteiger charge is -2.02. The van der Waals surface area contributed by atoms with Crippen LogP contribution < -0.4 is 10.6 Å². The molecule has 1 aromatic heterocycles.